The summed E-state index contributed by atoms with van der Waals surface area (Å²) in [5.41, 5.74) is 1.56. The molecule has 0 fully saturated rings. The summed E-state index contributed by atoms with van der Waals surface area (Å²) in [5.74, 6) is -0.703. The zero-order valence-corrected chi connectivity index (χ0v) is 11.9. The summed E-state index contributed by atoms with van der Waals surface area (Å²) >= 11 is 11.9. The molecule has 0 unspecified atom stereocenters. The third kappa shape index (κ3) is 2.80. The topological polar surface area (TPSA) is 34.9 Å². The first-order valence-corrected chi connectivity index (χ1v) is 6.32. The molecular formula is C13H11Cl2FN2O. The van der Waals surface area contributed by atoms with Crippen molar-refractivity contribution in [2.45, 2.75) is 13.3 Å². The van der Waals surface area contributed by atoms with Gasteiger partial charge in [-0.3, -0.25) is 9.48 Å². The highest BCUT2D eigenvalue weighted by atomic mass is 35.5. The Hall–Kier alpha value is -1.39. The summed E-state index contributed by atoms with van der Waals surface area (Å²) in [6.45, 7) is 1.77. The molecule has 0 saturated heterocycles. The van der Waals surface area contributed by atoms with Gasteiger partial charge in [0.05, 0.1) is 27.9 Å². The molecule has 2 rings (SSSR count). The lowest BCUT2D eigenvalue weighted by molar-refractivity contribution is 0.0991. The summed E-state index contributed by atoms with van der Waals surface area (Å²) in [7, 11) is 1.72. The molecule has 2 aromatic rings. The number of nitrogens with zero attached hydrogens (tertiary/aromatic N) is 2. The molecule has 0 aliphatic rings. The maximum atomic E-state index is 12.9. The Morgan fingerprint density at radius 3 is 2.63 bits per heavy atom. The molecule has 100 valence electrons. The Morgan fingerprint density at radius 1 is 1.42 bits per heavy atom. The number of halogens is 3. The van der Waals surface area contributed by atoms with Gasteiger partial charge in [-0.05, 0) is 25.1 Å². The van der Waals surface area contributed by atoms with Gasteiger partial charge in [0, 0.05) is 12.6 Å². The lowest BCUT2D eigenvalue weighted by Gasteiger charge is -2.05. The maximum absolute atomic E-state index is 12.9. The second-order valence-electron chi connectivity index (χ2n) is 4.19. The quantitative estimate of drug-likeness (QED) is 0.812. The third-order valence-electron chi connectivity index (χ3n) is 2.82. The van der Waals surface area contributed by atoms with Crippen LogP contribution in [0.3, 0.4) is 0 Å². The minimum Gasteiger partial charge on any atom is -0.294 e. The van der Waals surface area contributed by atoms with Crippen LogP contribution >= 0.6 is 23.2 Å². The summed E-state index contributed by atoms with van der Waals surface area (Å²) < 4.78 is 14.5. The number of Topliss-reactive ketones (excluding diaryl/α,β-unsaturated/α-hetero) is 1. The van der Waals surface area contributed by atoms with Crippen LogP contribution in [0.2, 0.25) is 10.0 Å². The van der Waals surface area contributed by atoms with E-state index in [1.807, 2.05) is 0 Å². The first kappa shape index (κ1) is 14.0. The molecule has 0 aliphatic carbocycles. The van der Waals surface area contributed by atoms with Crippen molar-refractivity contribution in [2.75, 3.05) is 0 Å². The van der Waals surface area contributed by atoms with E-state index in [2.05, 4.69) is 5.10 Å². The normalized spacial score (nSPS) is 10.8. The average molecular weight is 301 g/mol. The minimum absolute atomic E-state index is 0.0710. The van der Waals surface area contributed by atoms with E-state index in [0.29, 0.717) is 16.4 Å². The lowest BCUT2D eigenvalue weighted by Crippen LogP contribution is -2.09. The number of hydrogen-bond donors (Lipinski definition) is 0. The van der Waals surface area contributed by atoms with Gasteiger partial charge in [0.25, 0.3) is 0 Å². The number of benzene rings is 1. The Bertz CT molecular complexity index is 652. The van der Waals surface area contributed by atoms with Gasteiger partial charge in [0.2, 0.25) is 0 Å². The molecule has 0 spiro atoms. The molecule has 1 aromatic carbocycles. The van der Waals surface area contributed by atoms with Gasteiger partial charge in [0.1, 0.15) is 5.82 Å². The summed E-state index contributed by atoms with van der Waals surface area (Å²) in [6, 6.07) is 3.69. The van der Waals surface area contributed by atoms with Gasteiger partial charge in [-0.15, -0.1) is 0 Å². The van der Waals surface area contributed by atoms with Gasteiger partial charge in [-0.1, -0.05) is 23.2 Å². The number of ketones is 1. The van der Waals surface area contributed by atoms with Crippen molar-refractivity contribution < 1.29 is 9.18 Å². The number of aromatic nitrogens is 2. The highest BCUT2D eigenvalue weighted by molar-refractivity contribution is 6.34. The van der Waals surface area contributed by atoms with Gasteiger partial charge < -0.3 is 0 Å². The smallest absolute Gasteiger partial charge is 0.170 e. The fourth-order valence-corrected chi connectivity index (χ4v) is 2.33. The molecule has 3 nitrogen and oxygen atoms in total. The van der Waals surface area contributed by atoms with Crippen LogP contribution in [0.15, 0.2) is 18.2 Å². The van der Waals surface area contributed by atoms with E-state index in [1.165, 1.54) is 12.1 Å². The molecule has 0 aliphatic heterocycles. The highest BCUT2D eigenvalue weighted by Gasteiger charge is 2.18. The van der Waals surface area contributed by atoms with Gasteiger partial charge in [0.15, 0.2) is 5.78 Å². The lowest BCUT2D eigenvalue weighted by atomic mass is 10.1. The number of carbonyl (C=O) groups is 1. The van der Waals surface area contributed by atoms with E-state index in [9.17, 15) is 9.18 Å². The van der Waals surface area contributed by atoms with E-state index in [4.69, 9.17) is 23.2 Å². The number of hydrogen-bond acceptors (Lipinski definition) is 2. The largest absolute Gasteiger partial charge is 0.294 e. The fourth-order valence-electron chi connectivity index (χ4n) is 1.84. The molecule has 0 N–H and O–H groups in total. The van der Waals surface area contributed by atoms with E-state index >= 15 is 0 Å². The molecule has 0 saturated carbocycles. The number of carbonyl (C=O) groups excluding carboxylic acids is 1. The minimum atomic E-state index is -0.476. The maximum Gasteiger partial charge on any atom is 0.170 e. The second-order valence-corrected chi connectivity index (χ2v) is 4.98. The van der Waals surface area contributed by atoms with Crippen molar-refractivity contribution in [3.8, 4) is 0 Å². The Balaban J connectivity index is 2.31. The van der Waals surface area contributed by atoms with Crippen LogP contribution in [0.4, 0.5) is 4.39 Å². The van der Waals surface area contributed by atoms with Crippen LogP contribution in [0.1, 0.15) is 21.7 Å². The SMILES string of the molecule is Cc1nn(C)c(CC(=O)c2ccc(F)cc2Cl)c1Cl. The zero-order chi connectivity index (χ0) is 14.2. The molecule has 1 heterocycles. The molecule has 0 atom stereocenters. The molecule has 1 aromatic heterocycles. The molecular weight excluding hydrogens is 290 g/mol. The van der Waals surface area contributed by atoms with Gasteiger partial charge >= 0.3 is 0 Å². The Kier molecular flexibility index (Phi) is 3.92. The summed E-state index contributed by atoms with van der Waals surface area (Å²) in [6.07, 6.45) is 0.0710. The van der Waals surface area contributed by atoms with Crippen LogP contribution in [-0.4, -0.2) is 15.6 Å². The molecule has 6 heteroatoms. The predicted molar refractivity (Wildman–Crippen MR) is 72.4 cm³/mol. The van der Waals surface area contributed by atoms with Crippen molar-refractivity contribution in [1.29, 1.82) is 0 Å². The standard InChI is InChI=1S/C13H11Cl2FN2O/c1-7-13(15)11(18(2)17-7)6-12(19)9-4-3-8(16)5-10(9)14/h3-5H,6H2,1-2H3. The molecule has 0 bridgehead atoms. The van der Waals surface area contributed by atoms with Crippen molar-refractivity contribution >= 4 is 29.0 Å². The van der Waals surface area contributed by atoms with Crippen LogP contribution in [0, 0.1) is 12.7 Å². The monoisotopic (exact) mass is 300 g/mol. The van der Waals surface area contributed by atoms with E-state index in [1.54, 1.807) is 18.7 Å². The van der Waals surface area contributed by atoms with E-state index in [0.717, 1.165) is 6.07 Å². The average Bonchev–Trinajstić information content (AvgIpc) is 2.56. The van der Waals surface area contributed by atoms with Crippen molar-refractivity contribution in [3.63, 3.8) is 0 Å². The van der Waals surface area contributed by atoms with Gasteiger partial charge in [-0.25, -0.2) is 4.39 Å². The molecule has 0 amide bonds. The van der Waals surface area contributed by atoms with E-state index < -0.39 is 5.82 Å². The third-order valence-corrected chi connectivity index (χ3v) is 3.63. The summed E-state index contributed by atoms with van der Waals surface area (Å²) in [5, 5.41) is 4.70. The Labute approximate surface area is 119 Å². The number of rotatable bonds is 3. The van der Waals surface area contributed by atoms with Crippen LogP contribution in [0.5, 0.6) is 0 Å². The Morgan fingerprint density at radius 2 is 2.11 bits per heavy atom. The second kappa shape index (κ2) is 5.31. The first-order valence-electron chi connectivity index (χ1n) is 5.56. The van der Waals surface area contributed by atoms with Gasteiger partial charge in [-0.2, -0.15) is 5.10 Å². The zero-order valence-electron chi connectivity index (χ0n) is 10.4. The number of aryl methyl sites for hydroxylation is 2. The van der Waals surface area contributed by atoms with Crippen molar-refractivity contribution in [1.82, 2.24) is 9.78 Å². The van der Waals surface area contributed by atoms with Crippen LogP contribution < -0.4 is 0 Å². The van der Waals surface area contributed by atoms with E-state index in [-0.39, 0.29) is 22.8 Å². The first-order chi connectivity index (χ1) is 8.90. The van der Waals surface area contributed by atoms with Crippen LogP contribution in [-0.2, 0) is 13.5 Å². The fraction of sp³-hybridized carbons (Fsp3) is 0.231. The van der Waals surface area contributed by atoms with Crippen molar-refractivity contribution in [2.24, 2.45) is 7.05 Å². The predicted octanol–water partition coefficient (Wildman–Crippen LogP) is 3.60. The summed E-state index contributed by atoms with van der Waals surface area (Å²) in [4.78, 5) is 12.2. The highest BCUT2D eigenvalue weighted by Crippen LogP contribution is 2.23. The molecule has 0 radical (unpaired) electrons. The molecule has 19 heavy (non-hydrogen) atoms. The van der Waals surface area contributed by atoms with Crippen LogP contribution in [0.25, 0.3) is 0 Å². The van der Waals surface area contributed by atoms with Crippen molar-refractivity contribution in [3.05, 3.63) is 51.0 Å².